The highest BCUT2D eigenvalue weighted by atomic mass is 19.3. The van der Waals surface area contributed by atoms with Crippen molar-refractivity contribution in [2.24, 2.45) is 5.92 Å². The topological polar surface area (TPSA) is 30.5 Å². The van der Waals surface area contributed by atoms with Crippen molar-refractivity contribution in [2.45, 2.75) is 38.9 Å². The molecule has 0 bridgehead atoms. The predicted octanol–water partition coefficient (Wildman–Crippen LogP) is 2.02. The van der Waals surface area contributed by atoms with Crippen molar-refractivity contribution in [3.63, 3.8) is 0 Å². The van der Waals surface area contributed by atoms with Gasteiger partial charge in [-0.2, -0.15) is 8.78 Å². The highest BCUT2D eigenvalue weighted by Gasteiger charge is 2.59. The molecule has 0 amide bonds. The summed E-state index contributed by atoms with van der Waals surface area (Å²) in [6, 6.07) is 0. The lowest BCUT2D eigenvalue weighted by atomic mass is 9.99. The monoisotopic (exact) mass is 237 g/mol. The molecular weight excluding hydrogens is 216 g/mol. The summed E-state index contributed by atoms with van der Waals surface area (Å²) in [5.74, 6) is -4.39. The molecular formula is C11H21F2NO2. The number of ether oxygens (including phenoxy) is 2. The van der Waals surface area contributed by atoms with E-state index < -0.39 is 11.7 Å². The third-order valence-corrected chi connectivity index (χ3v) is 2.74. The van der Waals surface area contributed by atoms with Crippen LogP contribution in [0.1, 0.15) is 27.2 Å². The van der Waals surface area contributed by atoms with E-state index in [-0.39, 0.29) is 18.9 Å². The SMILES string of the molecule is CC.CC1COC2(CCNCC2(F)F)OC1. The molecule has 0 unspecified atom stereocenters. The number of alkyl halides is 2. The summed E-state index contributed by atoms with van der Waals surface area (Å²) >= 11 is 0. The Balaban J connectivity index is 0.000000606. The van der Waals surface area contributed by atoms with Gasteiger partial charge < -0.3 is 14.8 Å². The van der Waals surface area contributed by atoms with Crippen LogP contribution in [0.15, 0.2) is 0 Å². The number of nitrogens with one attached hydrogen (secondary N) is 1. The van der Waals surface area contributed by atoms with E-state index in [1.165, 1.54) is 0 Å². The Kier molecular flexibility index (Phi) is 4.64. The van der Waals surface area contributed by atoms with Gasteiger partial charge in [0.2, 0.25) is 5.79 Å². The minimum atomic E-state index is -2.93. The Morgan fingerprint density at radius 1 is 1.19 bits per heavy atom. The third kappa shape index (κ3) is 2.52. The Bertz CT molecular complexity index is 216. The number of halogens is 2. The van der Waals surface area contributed by atoms with Crippen LogP contribution in [0.4, 0.5) is 8.78 Å². The molecule has 2 heterocycles. The van der Waals surface area contributed by atoms with Crippen LogP contribution in [-0.2, 0) is 9.47 Å². The van der Waals surface area contributed by atoms with Crippen molar-refractivity contribution >= 4 is 0 Å². The first-order chi connectivity index (χ1) is 7.56. The molecule has 0 atom stereocenters. The van der Waals surface area contributed by atoms with Gasteiger partial charge in [-0.15, -0.1) is 0 Å². The first-order valence-corrected chi connectivity index (χ1v) is 5.92. The van der Waals surface area contributed by atoms with Gasteiger partial charge in [0.05, 0.1) is 19.8 Å². The van der Waals surface area contributed by atoms with Crippen LogP contribution < -0.4 is 5.32 Å². The molecule has 2 aliphatic heterocycles. The van der Waals surface area contributed by atoms with E-state index >= 15 is 0 Å². The maximum Gasteiger partial charge on any atom is 0.312 e. The average molecular weight is 237 g/mol. The van der Waals surface area contributed by atoms with E-state index in [4.69, 9.17) is 9.47 Å². The van der Waals surface area contributed by atoms with Gasteiger partial charge in [0.1, 0.15) is 0 Å². The quantitative estimate of drug-likeness (QED) is 0.699. The molecule has 2 fully saturated rings. The second-order valence-electron chi connectivity index (χ2n) is 4.11. The first kappa shape index (κ1) is 13.8. The molecule has 2 rings (SSSR count). The van der Waals surface area contributed by atoms with Crippen molar-refractivity contribution in [1.29, 1.82) is 0 Å². The van der Waals surface area contributed by atoms with E-state index in [2.05, 4.69) is 5.32 Å². The lowest BCUT2D eigenvalue weighted by Crippen LogP contribution is -2.64. The molecule has 2 aliphatic rings. The number of piperidine rings is 1. The van der Waals surface area contributed by atoms with E-state index in [0.29, 0.717) is 19.8 Å². The van der Waals surface area contributed by atoms with Crippen LogP contribution in [0.5, 0.6) is 0 Å². The third-order valence-electron chi connectivity index (χ3n) is 2.74. The Labute approximate surface area is 95.5 Å². The van der Waals surface area contributed by atoms with Gasteiger partial charge in [-0.3, -0.25) is 0 Å². The van der Waals surface area contributed by atoms with Crippen molar-refractivity contribution < 1.29 is 18.3 Å². The van der Waals surface area contributed by atoms with Crippen molar-refractivity contribution in [3.8, 4) is 0 Å². The van der Waals surface area contributed by atoms with Gasteiger partial charge in [-0.25, -0.2) is 0 Å². The summed E-state index contributed by atoms with van der Waals surface area (Å²) in [4.78, 5) is 0. The summed E-state index contributed by atoms with van der Waals surface area (Å²) in [7, 11) is 0. The molecule has 2 saturated heterocycles. The van der Waals surface area contributed by atoms with E-state index in [1.54, 1.807) is 0 Å². The zero-order chi connectivity index (χ0) is 12.2. The molecule has 0 radical (unpaired) electrons. The summed E-state index contributed by atoms with van der Waals surface area (Å²) < 4.78 is 37.6. The maximum atomic E-state index is 13.6. The molecule has 1 spiro atoms. The lowest BCUT2D eigenvalue weighted by Gasteiger charge is -2.46. The molecule has 0 aromatic carbocycles. The molecule has 0 aromatic heterocycles. The fourth-order valence-corrected chi connectivity index (χ4v) is 1.81. The van der Waals surface area contributed by atoms with E-state index in [0.717, 1.165) is 0 Å². The van der Waals surface area contributed by atoms with Crippen LogP contribution in [0.25, 0.3) is 0 Å². The Hall–Kier alpha value is -0.260. The molecule has 0 aromatic rings. The van der Waals surface area contributed by atoms with Crippen LogP contribution in [0.2, 0.25) is 0 Å². The molecule has 0 saturated carbocycles. The van der Waals surface area contributed by atoms with Crippen molar-refractivity contribution in [1.82, 2.24) is 5.32 Å². The fourth-order valence-electron chi connectivity index (χ4n) is 1.81. The summed E-state index contributed by atoms with van der Waals surface area (Å²) in [6.45, 7) is 6.79. The predicted molar refractivity (Wildman–Crippen MR) is 57.6 cm³/mol. The van der Waals surface area contributed by atoms with Gasteiger partial charge in [0.15, 0.2) is 0 Å². The first-order valence-electron chi connectivity index (χ1n) is 5.92. The molecule has 96 valence electrons. The van der Waals surface area contributed by atoms with Crippen LogP contribution in [0, 0.1) is 5.92 Å². The number of hydrogen-bond acceptors (Lipinski definition) is 3. The van der Waals surface area contributed by atoms with Crippen molar-refractivity contribution in [3.05, 3.63) is 0 Å². The number of hydrogen-bond donors (Lipinski definition) is 1. The standard InChI is InChI=1S/C9H15F2NO2.C2H6/c1-7-4-13-9(14-5-7)2-3-12-6-8(9,10)11;1-2/h7,12H,2-6H2,1H3;1-2H3. The van der Waals surface area contributed by atoms with Crippen molar-refractivity contribution in [2.75, 3.05) is 26.3 Å². The van der Waals surface area contributed by atoms with Crippen LogP contribution in [0.3, 0.4) is 0 Å². The minimum absolute atomic E-state index is 0.200. The van der Waals surface area contributed by atoms with Crippen LogP contribution in [-0.4, -0.2) is 38.0 Å². The zero-order valence-electron chi connectivity index (χ0n) is 10.2. The molecule has 3 nitrogen and oxygen atoms in total. The summed E-state index contributed by atoms with van der Waals surface area (Å²) in [5.41, 5.74) is 0. The number of rotatable bonds is 0. The largest absolute Gasteiger partial charge is 0.344 e. The normalized spacial score (nSPS) is 37.7. The second kappa shape index (κ2) is 5.38. The fraction of sp³-hybridized carbons (Fsp3) is 1.00. The summed E-state index contributed by atoms with van der Waals surface area (Å²) in [6.07, 6.45) is 0.215. The van der Waals surface area contributed by atoms with Gasteiger partial charge in [0.25, 0.3) is 0 Å². The molecule has 16 heavy (non-hydrogen) atoms. The van der Waals surface area contributed by atoms with Gasteiger partial charge in [-0.05, 0) is 0 Å². The van der Waals surface area contributed by atoms with Gasteiger partial charge in [0, 0.05) is 18.9 Å². The molecule has 1 N–H and O–H groups in total. The Morgan fingerprint density at radius 3 is 2.25 bits per heavy atom. The Morgan fingerprint density at radius 2 is 1.75 bits per heavy atom. The highest BCUT2D eigenvalue weighted by Crippen LogP contribution is 2.40. The lowest BCUT2D eigenvalue weighted by molar-refractivity contribution is -0.372. The zero-order valence-corrected chi connectivity index (χ0v) is 10.2. The second-order valence-corrected chi connectivity index (χ2v) is 4.11. The maximum absolute atomic E-state index is 13.6. The van der Waals surface area contributed by atoms with Crippen LogP contribution >= 0.6 is 0 Å². The van der Waals surface area contributed by atoms with E-state index in [1.807, 2.05) is 20.8 Å². The van der Waals surface area contributed by atoms with Gasteiger partial charge in [-0.1, -0.05) is 20.8 Å². The molecule has 5 heteroatoms. The smallest absolute Gasteiger partial charge is 0.312 e. The summed E-state index contributed by atoms with van der Waals surface area (Å²) in [5, 5.41) is 2.65. The minimum Gasteiger partial charge on any atom is -0.344 e. The average Bonchev–Trinajstić information content (AvgIpc) is 2.29. The highest BCUT2D eigenvalue weighted by molar-refractivity contribution is 4.95. The molecule has 0 aliphatic carbocycles. The van der Waals surface area contributed by atoms with E-state index in [9.17, 15) is 8.78 Å². The van der Waals surface area contributed by atoms with Gasteiger partial charge >= 0.3 is 5.92 Å².